The van der Waals surface area contributed by atoms with E-state index in [0.717, 1.165) is 17.2 Å². The zero-order valence-corrected chi connectivity index (χ0v) is 10.5. The van der Waals surface area contributed by atoms with Crippen molar-refractivity contribution in [3.05, 3.63) is 42.4 Å². The van der Waals surface area contributed by atoms with E-state index in [2.05, 4.69) is 20.6 Å². The van der Waals surface area contributed by atoms with Crippen molar-refractivity contribution in [3.8, 4) is 0 Å². The van der Waals surface area contributed by atoms with Crippen LogP contribution >= 0.6 is 0 Å². The van der Waals surface area contributed by atoms with E-state index in [9.17, 15) is 4.79 Å². The third-order valence-electron chi connectivity index (χ3n) is 2.99. The molecular weight excluding hydrogens is 240 g/mol. The summed E-state index contributed by atoms with van der Waals surface area (Å²) < 4.78 is 0. The predicted molar refractivity (Wildman–Crippen MR) is 74.0 cm³/mol. The number of aromatic nitrogens is 2. The molecule has 1 fully saturated rings. The second-order valence-electron chi connectivity index (χ2n) is 4.77. The van der Waals surface area contributed by atoms with Crippen molar-refractivity contribution >= 4 is 17.4 Å². The number of aromatic amines is 1. The third-order valence-corrected chi connectivity index (χ3v) is 2.99. The molecule has 1 aliphatic rings. The minimum atomic E-state index is -0.0489. The lowest BCUT2D eigenvalue weighted by molar-refractivity contribution is -0.115. The van der Waals surface area contributed by atoms with Gasteiger partial charge in [-0.1, -0.05) is 0 Å². The van der Waals surface area contributed by atoms with Gasteiger partial charge < -0.3 is 15.6 Å². The highest BCUT2D eigenvalue weighted by Gasteiger charge is 2.20. The zero-order valence-electron chi connectivity index (χ0n) is 10.5. The number of nitrogens with one attached hydrogen (secondary N) is 3. The summed E-state index contributed by atoms with van der Waals surface area (Å²) in [4.78, 5) is 19.1. The molecule has 0 atom stereocenters. The van der Waals surface area contributed by atoms with E-state index in [-0.39, 0.29) is 5.91 Å². The summed E-state index contributed by atoms with van der Waals surface area (Å²) in [6.45, 7) is 0. The lowest BCUT2D eigenvalue weighted by Gasteiger charge is -2.06. The Hall–Kier alpha value is -2.30. The molecule has 19 heavy (non-hydrogen) atoms. The van der Waals surface area contributed by atoms with Crippen molar-refractivity contribution < 1.29 is 4.79 Å². The van der Waals surface area contributed by atoms with E-state index >= 15 is 0 Å². The number of hydrogen-bond donors (Lipinski definition) is 3. The van der Waals surface area contributed by atoms with Crippen molar-refractivity contribution in [2.45, 2.75) is 25.3 Å². The lowest BCUT2D eigenvalue weighted by atomic mass is 10.3. The Morgan fingerprint density at radius 2 is 2.26 bits per heavy atom. The number of hydrogen-bond acceptors (Lipinski definition) is 3. The van der Waals surface area contributed by atoms with Gasteiger partial charge in [0.25, 0.3) is 0 Å². The number of pyridine rings is 1. The summed E-state index contributed by atoms with van der Waals surface area (Å²) in [6, 6.07) is 8.11. The van der Waals surface area contributed by atoms with Gasteiger partial charge in [-0.05, 0) is 37.1 Å². The summed E-state index contributed by atoms with van der Waals surface area (Å²) in [5.41, 5.74) is 1.62. The molecule has 1 amide bonds. The number of amides is 1. The molecule has 0 radical (unpaired) electrons. The van der Waals surface area contributed by atoms with Gasteiger partial charge in [-0.25, -0.2) is 4.98 Å². The van der Waals surface area contributed by atoms with Gasteiger partial charge in [0.2, 0.25) is 5.91 Å². The molecule has 2 aromatic heterocycles. The molecule has 3 N–H and O–H groups in total. The highest BCUT2D eigenvalue weighted by Crippen LogP contribution is 2.23. The fraction of sp³-hybridized carbons (Fsp3) is 0.286. The van der Waals surface area contributed by atoms with Crippen LogP contribution in [0.15, 0.2) is 36.7 Å². The van der Waals surface area contributed by atoms with Crippen LogP contribution in [0.1, 0.15) is 18.5 Å². The average Bonchev–Trinajstić information content (AvgIpc) is 3.07. The van der Waals surface area contributed by atoms with E-state index in [1.54, 1.807) is 6.20 Å². The first-order valence-corrected chi connectivity index (χ1v) is 6.44. The fourth-order valence-electron chi connectivity index (χ4n) is 1.85. The standard InChI is InChI=1S/C14H16N4O/c19-14(8-11-2-1-7-15-11)18-12-5-6-13(16-9-12)17-10-3-4-10/h1-2,5-7,9-10,15H,3-4,8H2,(H,16,17)(H,18,19). The normalized spacial score (nSPS) is 14.1. The van der Waals surface area contributed by atoms with Crippen LogP contribution in [0, 0.1) is 0 Å². The molecule has 2 aromatic rings. The predicted octanol–water partition coefficient (Wildman–Crippen LogP) is 2.17. The van der Waals surface area contributed by atoms with Crippen molar-refractivity contribution in [2.24, 2.45) is 0 Å². The Morgan fingerprint density at radius 3 is 2.89 bits per heavy atom. The molecule has 5 heteroatoms. The minimum Gasteiger partial charge on any atom is -0.367 e. The van der Waals surface area contributed by atoms with Crippen LogP contribution in [-0.2, 0) is 11.2 Å². The molecule has 2 heterocycles. The Bertz CT molecular complexity index is 543. The smallest absolute Gasteiger partial charge is 0.230 e. The van der Waals surface area contributed by atoms with E-state index in [1.807, 2.05) is 30.5 Å². The van der Waals surface area contributed by atoms with Gasteiger partial charge in [0.05, 0.1) is 18.3 Å². The summed E-state index contributed by atoms with van der Waals surface area (Å²) in [5, 5.41) is 6.13. The summed E-state index contributed by atoms with van der Waals surface area (Å²) in [5.74, 6) is 0.817. The molecular formula is C14H16N4O. The quantitative estimate of drug-likeness (QED) is 0.767. The van der Waals surface area contributed by atoms with Crippen molar-refractivity contribution in [3.63, 3.8) is 0 Å². The first kappa shape index (κ1) is 11.8. The Labute approximate surface area is 111 Å². The SMILES string of the molecule is O=C(Cc1ccc[nH]1)Nc1ccc(NC2CC2)nc1. The zero-order chi connectivity index (χ0) is 13.1. The van der Waals surface area contributed by atoms with Gasteiger partial charge in [-0.15, -0.1) is 0 Å². The lowest BCUT2D eigenvalue weighted by Crippen LogP contribution is -2.14. The van der Waals surface area contributed by atoms with E-state index in [1.165, 1.54) is 12.8 Å². The monoisotopic (exact) mass is 256 g/mol. The summed E-state index contributed by atoms with van der Waals surface area (Å²) >= 11 is 0. The number of nitrogens with zero attached hydrogens (tertiary/aromatic N) is 1. The average molecular weight is 256 g/mol. The number of carbonyl (C=O) groups excluding carboxylic acids is 1. The second kappa shape index (κ2) is 5.14. The fourth-order valence-corrected chi connectivity index (χ4v) is 1.85. The molecule has 0 bridgehead atoms. The van der Waals surface area contributed by atoms with E-state index < -0.39 is 0 Å². The van der Waals surface area contributed by atoms with E-state index in [0.29, 0.717) is 12.5 Å². The van der Waals surface area contributed by atoms with Crippen LogP contribution in [0.5, 0.6) is 0 Å². The number of carbonyl (C=O) groups is 1. The van der Waals surface area contributed by atoms with Crippen molar-refractivity contribution in [2.75, 3.05) is 10.6 Å². The first-order valence-electron chi connectivity index (χ1n) is 6.44. The topological polar surface area (TPSA) is 69.8 Å². The largest absolute Gasteiger partial charge is 0.367 e. The first-order chi connectivity index (χ1) is 9.29. The van der Waals surface area contributed by atoms with Crippen LogP contribution in [0.25, 0.3) is 0 Å². The molecule has 0 aromatic carbocycles. The summed E-state index contributed by atoms with van der Waals surface area (Å²) in [7, 11) is 0. The van der Waals surface area contributed by atoms with Crippen LogP contribution in [-0.4, -0.2) is 21.9 Å². The van der Waals surface area contributed by atoms with Crippen molar-refractivity contribution in [1.82, 2.24) is 9.97 Å². The van der Waals surface area contributed by atoms with Gasteiger partial charge in [-0.2, -0.15) is 0 Å². The number of H-pyrrole nitrogens is 1. The maximum Gasteiger partial charge on any atom is 0.230 e. The van der Waals surface area contributed by atoms with Gasteiger partial charge in [-0.3, -0.25) is 4.79 Å². The molecule has 0 unspecified atom stereocenters. The molecule has 3 rings (SSSR count). The van der Waals surface area contributed by atoms with Crippen LogP contribution in [0.3, 0.4) is 0 Å². The van der Waals surface area contributed by atoms with Gasteiger partial charge in [0.1, 0.15) is 5.82 Å². The molecule has 0 spiro atoms. The van der Waals surface area contributed by atoms with Gasteiger partial charge in [0.15, 0.2) is 0 Å². The molecule has 0 aliphatic heterocycles. The Balaban J connectivity index is 1.55. The highest BCUT2D eigenvalue weighted by molar-refractivity contribution is 5.91. The molecule has 1 aliphatic carbocycles. The van der Waals surface area contributed by atoms with Crippen molar-refractivity contribution in [1.29, 1.82) is 0 Å². The number of anilines is 2. The van der Waals surface area contributed by atoms with Crippen LogP contribution in [0.4, 0.5) is 11.5 Å². The van der Waals surface area contributed by atoms with E-state index in [4.69, 9.17) is 0 Å². The third kappa shape index (κ3) is 3.34. The van der Waals surface area contributed by atoms with Crippen LogP contribution in [0.2, 0.25) is 0 Å². The second-order valence-corrected chi connectivity index (χ2v) is 4.77. The molecule has 1 saturated carbocycles. The maximum absolute atomic E-state index is 11.8. The Kier molecular flexibility index (Phi) is 3.18. The molecule has 98 valence electrons. The van der Waals surface area contributed by atoms with Gasteiger partial charge in [0, 0.05) is 17.9 Å². The molecule has 5 nitrogen and oxygen atoms in total. The van der Waals surface area contributed by atoms with Gasteiger partial charge >= 0.3 is 0 Å². The molecule has 0 saturated heterocycles. The summed E-state index contributed by atoms with van der Waals surface area (Å²) in [6.07, 6.45) is 6.27. The minimum absolute atomic E-state index is 0.0489. The van der Waals surface area contributed by atoms with Crippen LogP contribution < -0.4 is 10.6 Å². The Morgan fingerprint density at radius 1 is 1.37 bits per heavy atom. The maximum atomic E-state index is 11.8. The number of rotatable bonds is 5. The highest BCUT2D eigenvalue weighted by atomic mass is 16.1.